The highest BCUT2D eigenvalue weighted by molar-refractivity contribution is 5.74. The first kappa shape index (κ1) is 12.4. The molecule has 0 saturated heterocycles. The average molecular weight is 189 g/mol. The van der Waals surface area contributed by atoms with Crippen molar-refractivity contribution in [2.75, 3.05) is 13.2 Å². The molecule has 4 heteroatoms. The van der Waals surface area contributed by atoms with E-state index in [1.807, 2.05) is 0 Å². The van der Waals surface area contributed by atoms with Gasteiger partial charge in [-0.15, -0.1) is 0 Å². The first-order valence-corrected chi connectivity index (χ1v) is 4.62. The molecule has 4 nitrogen and oxygen atoms in total. The molecule has 0 rings (SSSR count). The summed E-state index contributed by atoms with van der Waals surface area (Å²) in [4.78, 5) is 10.9. The number of ether oxygens (including phenoxy) is 1. The van der Waals surface area contributed by atoms with E-state index in [9.17, 15) is 4.79 Å². The van der Waals surface area contributed by atoms with Crippen molar-refractivity contribution in [2.24, 2.45) is 11.7 Å². The Balaban J connectivity index is 3.37. The Bertz CT molecular complexity index is 148. The molecular formula is C9H19NO3. The van der Waals surface area contributed by atoms with Crippen LogP contribution in [0.3, 0.4) is 0 Å². The number of nitrogens with two attached hydrogens (primary N) is 1. The molecule has 1 atom stereocenters. The number of hydrogen-bond acceptors (Lipinski definition) is 4. The summed E-state index contributed by atoms with van der Waals surface area (Å²) in [5.74, 6) is -0.00982. The highest BCUT2D eigenvalue weighted by Crippen LogP contribution is 2.03. The van der Waals surface area contributed by atoms with E-state index in [1.54, 1.807) is 0 Å². The van der Waals surface area contributed by atoms with Gasteiger partial charge in [0.1, 0.15) is 0 Å². The molecule has 0 aliphatic rings. The van der Waals surface area contributed by atoms with Crippen LogP contribution in [0.1, 0.15) is 26.7 Å². The minimum absolute atomic E-state index is 0.0803. The maximum Gasteiger partial charge on any atom is 0.336 e. The Morgan fingerprint density at radius 1 is 1.54 bits per heavy atom. The van der Waals surface area contributed by atoms with Gasteiger partial charge in [0.05, 0.1) is 6.61 Å². The minimum atomic E-state index is -1.17. The monoisotopic (exact) mass is 189 g/mol. The molecule has 0 aliphatic carbocycles. The van der Waals surface area contributed by atoms with Crippen LogP contribution in [-0.2, 0) is 9.53 Å². The van der Waals surface area contributed by atoms with E-state index >= 15 is 0 Å². The van der Waals surface area contributed by atoms with Gasteiger partial charge in [0.2, 0.25) is 0 Å². The van der Waals surface area contributed by atoms with Crippen LogP contribution in [0.25, 0.3) is 0 Å². The van der Waals surface area contributed by atoms with Crippen LogP contribution in [0.15, 0.2) is 0 Å². The van der Waals surface area contributed by atoms with E-state index in [-0.39, 0.29) is 6.54 Å². The van der Waals surface area contributed by atoms with Gasteiger partial charge in [0.15, 0.2) is 6.10 Å². The van der Waals surface area contributed by atoms with Gasteiger partial charge in [0, 0.05) is 6.54 Å². The molecule has 0 aromatic heterocycles. The fourth-order valence-electron chi connectivity index (χ4n) is 0.857. The highest BCUT2D eigenvalue weighted by Gasteiger charge is 2.13. The summed E-state index contributed by atoms with van der Waals surface area (Å²) >= 11 is 0. The summed E-state index contributed by atoms with van der Waals surface area (Å²) in [7, 11) is 0. The average Bonchev–Trinajstić information content (AvgIpc) is 2.10. The molecule has 13 heavy (non-hydrogen) atoms. The van der Waals surface area contributed by atoms with Gasteiger partial charge in [-0.3, -0.25) is 0 Å². The van der Waals surface area contributed by atoms with Crippen molar-refractivity contribution in [2.45, 2.75) is 32.8 Å². The Morgan fingerprint density at radius 3 is 2.62 bits per heavy atom. The van der Waals surface area contributed by atoms with E-state index in [1.165, 1.54) is 0 Å². The van der Waals surface area contributed by atoms with Crippen molar-refractivity contribution < 1.29 is 14.6 Å². The zero-order valence-electron chi connectivity index (χ0n) is 8.32. The molecule has 3 N–H and O–H groups in total. The van der Waals surface area contributed by atoms with Crippen molar-refractivity contribution in [3.63, 3.8) is 0 Å². The second-order valence-corrected chi connectivity index (χ2v) is 3.46. The zero-order valence-corrected chi connectivity index (χ0v) is 8.32. The molecule has 0 amide bonds. The van der Waals surface area contributed by atoms with Crippen molar-refractivity contribution in [1.82, 2.24) is 0 Å². The summed E-state index contributed by atoms with van der Waals surface area (Å²) in [5.41, 5.74) is 5.07. The van der Waals surface area contributed by atoms with E-state index in [2.05, 4.69) is 13.8 Å². The van der Waals surface area contributed by atoms with Gasteiger partial charge >= 0.3 is 5.97 Å². The normalized spacial score (nSPS) is 13.0. The largest absolute Gasteiger partial charge is 0.464 e. The van der Waals surface area contributed by atoms with Gasteiger partial charge in [-0.1, -0.05) is 13.8 Å². The van der Waals surface area contributed by atoms with Gasteiger partial charge < -0.3 is 15.6 Å². The first-order chi connectivity index (χ1) is 6.07. The van der Waals surface area contributed by atoms with Gasteiger partial charge in [-0.2, -0.15) is 0 Å². The third kappa shape index (κ3) is 6.54. The number of hydrogen-bond donors (Lipinski definition) is 2. The van der Waals surface area contributed by atoms with E-state index in [0.29, 0.717) is 12.5 Å². The lowest BCUT2D eigenvalue weighted by Crippen LogP contribution is -2.31. The lowest BCUT2D eigenvalue weighted by Gasteiger charge is -2.09. The third-order valence-electron chi connectivity index (χ3n) is 1.67. The van der Waals surface area contributed by atoms with Crippen LogP contribution in [-0.4, -0.2) is 30.3 Å². The number of aliphatic hydroxyl groups excluding tert-OH is 1. The predicted molar refractivity (Wildman–Crippen MR) is 50.1 cm³/mol. The summed E-state index contributed by atoms with van der Waals surface area (Å²) in [6, 6.07) is 0. The molecule has 0 heterocycles. The number of carbonyl (C=O) groups is 1. The van der Waals surface area contributed by atoms with Crippen LogP contribution in [0.4, 0.5) is 0 Å². The van der Waals surface area contributed by atoms with E-state index in [0.717, 1.165) is 12.8 Å². The zero-order chi connectivity index (χ0) is 10.3. The second kappa shape index (κ2) is 6.86. The van der Waals surface area contributed by atoms with Crippen LogP contribution < -0.4 is 5.73 Å². The molecular weight excluding hydrogens is 170 g/mol. The molecule has 78 valence electrons. The van der Waals surface area contributed by atoms with Crippen LogP contribution in [0.2, 0.25) is 0 Å². The quantitative estimate of drug-likeness (QED) is 0.465. The molecule has 0 spiro atoms. The summed E-state index contributed by atoms with van der Waals surface area (Å²) in [5, 5.41) is 8.94. The number of carbonyl (C=O) groups excluding carboxylic acids is 1. The van der Waals surface area contributed by atoms with Crippen molar-refractivity contribution in [3.05, 3.63) is 0 Å². The number of aliphatic hydroxyl groups is 1. The Kier molecular flexibility index (Phi) is 6.54. The molecule has 0 saturated carbocycles. The Labute approximate surface area is 79.1 Å². The first-order valence-electron chi connectivity index (χ1n) is 4.62. The smallest absolute Gasteiger partial charge is 0.336 e. The second-order valence-electron chi connectivity index (χ2n) is 3.46. The van der Waals surface area contributed by atoms with Gasteiger partial charge in [-0.05, 0) is 18.8 Å². The molecule has 0 fully saturated rings. The highest BCUT2D eigenvalue weighted by atomic mass is 16.5. The fraction of sp³-hybridized carbons (Fsp3) is 0.889. The van der Waals surface area contributed by atoms with Gasteiger partial charge in [-0.25, -0.2) is 4.79 Å². The van der Waals surface area contributed by atoms with Crippen molar-refractivity contribution >= 4 is 5.97 Å². The topological polar surface area (TPSA) is 72.5 Å². The van der Waals surface area contributed by atoms with Crippen molar-refractivity contribution in [1.29, 1.82) is 0 Å². The Hall–Kier alpha value is -0.610. The number of esters is 1. The molecule has 0 radical (unpaired) electrons. The lowest BCUT2D eigenvalue weighted by atomic mass is 10.1. The SMILES string of the molecule is CC(C)CCCOC(=O)[C@@H](O)CN. The fourth-order valence-corrected chi connectivity index (χ4v) is 0.857. The maximum atomic E-state index is 10.9. The molecule has 0 aromatic rings. The summed E-state index contributed by atoms with van der Waals surface area (Å²) < 4.78 is 4.78. The maximum absolute atomic E-state index is 10.9. The summed E-state index contributed by atoms with van der Waals surface area (Å²) in [6.07, 6.45) is 0.686. The number of rotatable bonds is 6. The molecule has 0 aromatic carbocycles. The third-order valence-corrected chi connectivity index (χ3v) is 1.67. The molecule has 0 aliphatic heterocycles. The molecule has 0 unspecified atom stereocenters. The van der Waals surface area contributed by atoms with Crippen LogP contribution in [0, 0.1) is 5.92 Å². The van der Waals surface area contributed by atoms with E-state index in [4.69, 9.17) is 15.6 Å². The molecule has 0 bridgehead atoms. The Morgan fingerprint density at radius 2 is 2.15 bits per heavy atom. The van der Waals surface area contributed by atoms with Crippen molar-refractivity contribution in [3.8, 4) is 0 Å². The van der Waals surface area contributed by atoms with Crippen LogP contribution >= 0.6 is 0 Å². The standard InChI is InChI=1S/C9H19NO3/c1-7(2)4-3-5-13-9(12)8(11)6-10/h7-8,11H,3-6,10H2,1-2H3/t8-/m0/s1. The minimum Gasteiger partial charge on any atom is -0.464 e. The van der Waals surface area contributed by atoms with E-state index < -0.39 is 12.1 Å². The van der Waals surface area contributed by atoms with Crippen LogP contribution in [0.5, 0.6) is 0 Å². The predicted octanol–water partition coefficient (Wildman–Crippen LogP) is 0.285. The lowest BCUT2D eigenvalue weighted by molar-refractivity contribution is -0.153. The summed E-state index contributed by atoms with van der Waals surface area (Å²) in [6.45, 7) is 4.50. The van der Waals surface area contributed by atoms with Gasteiger partial charge in [0.25, 0.3) is 0 Å².